The van der Waals surface area contributed by atoms with Gasteiger partial charge in [-0.3, -0.25) is 9.59 Å². The number of carbonyl (C=O) groups excluding carboxylic acids is 2. The molecule has 26 heavy (non-hydrogen) atoms. The van der Waals surface area contributed by atoms with Gasteiger partial charge in [0.25, 0.3) is 0 Å². The Kier molecular flexibility index (Phi) is 5.26. The second-order valence-corrected chi connectivity index (χ2v) is 6.71. The van der Waals surface area contributed by atoms with Crippen molar-refractivity contribution in [3.63, 3.8) is 0 Å². The molecule has 5 heteroatoms. The first-order chi connectivity index (χ1) is 12.5. The van der Waals surface area contributed by atoms with Crippen molar-refractivity contribution < 1.29 is 14.3 Å². The number of amides is 2. The Bertz CT molecular complexity index is 812. The van der Waals surface area contributed by atoms with Crippen LogP contribution in [0.4, 0.5) is 5.69 Å². The molecule has 0 saturated heterocycles. The molecule has 1 fully saturated rings. The number of rotatable bonds is 7. The van der Waals surface area contributed by atoms with Crippen LogP contribution in [0.5, 0.6) is 5.75 Å². The van der Waals surface area contributed by atoms with E-state index in [1.165, 1.54) is 0 Å². The predicted molar refractivity (Wildman–Crippen MR) is 101 cm³/mol. The molecule has 136 valence electrons. The lowest BCUT2D eigenvalue weighted by Gasteiger charge is -2.16. The fraction of sp³-hybridized carbons (Fsp3) is 0.333. The number of ether oxygens (including phenoxy) is 1. The third-order valence-corrected chi connectivity index (χ3v) is 4.85. The third-order valence-electron chi connectivity index (χ3n) is 4.85. The number of para-hydroxylation sites is 1. The molecule has 0 aliphatic heterocycles. The van der Waals surface area contributed by atoms with Crippen molar-refractivity contribution in [2.75, 3.05) is 19.0 Å². The number of methoxy groups -OCH3 is 1. The second-order valence-electron chi connectivity index (χ2n) is 6.71. The van der Waals surface area contributed by atoms with E-state index in [1.54, 1.807) is 7.11 Å². The highest BCUT2D eigenvalue weighted by molar-refractivity contribution is 6.13. The van der Waals surface area contributed by atoms with Gasteiger partial charge in [0.15, 0.2) is 0 Å². The van der Waals surface area contributed by atoms with Crippen LogP contribution in [0, 0.1) is 12.3 Å². The normalized spacial score (nSPS) is 14.4. The molecule has 0 unspecified atom stereocenters. The summed E-state index contributed by atoms with van der Waals surface area (Å²) in [4.78, 5) is 25.2. The van der Waals surface area contributed by atoms with E-state index in [2.05, 4.69) is 10.6 Å². The summed E-state index contributed by atoms with van der Waals surface area (Å²) in [5.41, 5.74) is 1.90. The van der Waals surface area contributed by atoms with Gasteiger partial charge in [0.2, 0.25) is 11.8 Å². The maximum Gasteiger partial charge on any atom is 0.240 e. The highest BCUT2D eigenvalue weighted by Crippen LogP contribution is 2.47. The first-order valence-corrected chi connectivity index (χ1v) is 8.83. The van der Waals surface area contributed by atoms with Crippen LogP contribution in [0.15, 0.2) is 48.5 Å². The van der Waals surface area contributed by atoms with Crippen LogP contribution in [-0.2, 0) is 16.0 Å². The summed E-state index contributed by atoms with van der Waals surface area (Å²) >= 11 is 0. The van der Waals surface area contributed by atoms with E-state index in [0.29, 0.717) is 25.8 Å². The van der Waals surface area contributed by atoms with Crippen LogP contribution >= 0.6 is 0 Å². The van der Waals surface area contributed by atoms with Gasteiger partial charge in [-0.2, -0.15) is 0 Å². The summed E-state index contributed by atoms with van der Waals surface area (Å²) in [5.74, 6) is 0.391. The number of aryl methyl sites for hydroxylation is 1. The van der Waals surface area contributed by atoms with E-state index in [9.17, 15) is 9.59 Å². The molecular weight excluding hydrogens is 328 g/mol. The average Bonchev–Trinajstić information content (AvgIpc) is 3.46. The van der Waals surface area contributed by atoms with E-state index in [1.807, 2.05) is 55.5 Å². The number of carbonyl (C=O) groups is 2. The molecule has 0 bridgehead atoms. The monoisotopic (exact) mass is 352 g/mol. The van der Waals surface area contributed by atoms with E-state index < -0.39 is 5.41 Å². The molecule has 0 aromatic heterocycles. The minimum absolute atomic E-state index is 0.188. The predicted octanol–water partition coefficient (Wildman–Crippen LogP) is 3.08. The third kappa shape index (κ3) is 3.87. The number of hydrogen-bond acceptors (Lipinski definition) is 3. The first-order valence-electron chi connectivity index (χ1n) is 8.83. The molecule has 5 nitrogen and oxygen atoms in total. The Morgan fingerprint density at radius 3 is 2.54 bits per heavy atom. The number of nitrogens with one attached hydrogen (secondary N) is 2. The zero-order chi connectivity index (χ0) is 18.6. The summed E-state index contributed by atoms with van der Waals surface area (Å²) in [7, 11) is 1.63. The lowest BCUT2D eigenvalue weighted by Crippen LogP contribution is -2.40. The van der Waals surface area contributed by atoms with Gasteiger partial charge in [0.1, 0.15) is 11.2 Å². The summed E-state index contributed by atoms with van der Waals surface area (Å²) in [6.07, 6.45) is 1.88. The zero-order valence-corrected chi connectivity index (χ0v) is 15.2. The molecule has 0 heterocycles. The summed E-state index contributed by atoms with van der Waals surface area (Å²) in [6.45, 7) is 2.43. The molecule has 0 atom stereocenters. The number of benzene rings is 2. The average molecular weight is 352 g/mol. The van der Waals surface area contributed by atoms with Gasteiger partial charge in [0, 0.05) is 12.2 Å². The molecule has 0 spiro atoms. The second kappa shape index (κ2) is 7.60. The topological polar surface area (TPSA) is 67.4 Å². The fourth-order valence-electron chi connectivity index (χ4n) is 2.95. The maximum atomic E-state index is 12.6. The van der Waals surface area contributed by atoms with Gasteiger partial charge in [-0.15, -0.1) is 0 Å². The molecule has 1 saturated carbocycles. The highest BCUT2D eigenvalue weighted by atomic mass is 16.5. The maximum absolute atomic E-state index is 12.6. The summed E-state index contributed by atoms with van der Waals surface area (Å²) in [5, 5.41) is 5.81. The number of anilines is 1. The van der Waals surface area contributed by atoms with Crippen molar-refractivity contribution in [2.24, 2.45) is 5.41 Å². The highest BCUT2D eigenvalue weighted by Gasteiger charge is 2.56. The molecule has 2 aromatic carbocycles. The van der Waals surface area contributed by atoms with Crippen molar-refractivity contribution in [1.82, 2.24) is 5.32 Å². The van der Waals surface area contributed by atoms with Gasteiger partial charge in [0.05, 0.1) is 7.11 Å². The van der Waals surface area contributed by atoms with Crippen LogP contribution in [0.1, 0.15) is 24.0 Å². The Hall–Kier alpha value is -2.82. The molecule has 1 aliphatic carbocycles. The van der Waals surface area contributed by atoms with Crippen molar-refractivity contribution in [1.29, 1.82) is 0 Å². The Morgan fingerprint density at radius 1 is 1.08 bits per heavy atom. The van der Waals surface area contributed by atoms with Crippen LogP contribution in [0.25, 0.3) is 0 Å². The number of hydrogen-bond donors (Lipinski definition) is 2. The van der Waals surface area contributed by atoms with Crippen molar-refractivity contribution in [3.8, 4) is 5.75 Å². The van der Waals surface area contributed by atoms with Crippen LogP contribution in [0.3, 0.4) is 0 Å². The fourth-order valence-corrected chi connectivity index (χ4v) is 2.95. The van der Waals surface area contributed by atoms with Crippen LogP contribution in [0.2, 0.25) is 0 Å². The van der Waals surface area contributed by atoms with Gasteiger partial charge in [-0.05, 0) is 55.5 Å². The van der Waals surface area contributed by atoms with Crippen molar-refractivity contribution in [3.05, 3.63) is 59.7 Å². The SMILES string of the molecule is COc1cccc(CCNC(=O)C2(C(=O)Nc3ccccc3C)CC2)c1. The Labute approximate surface area is 153 Å². The van der Waals surface area contributed by atoms with Crippen molar-refractivity contribution >= 4 is 17.5 Å². The van der Waals surface area contributed by atoms with E-state index in [0.717, 1.165) is 22.6 Å². The van der Waals surface area contributed by atoms with Gasteiger partial charge < -0.3 is 15.4 Å². The molecular formula is C21H24N2O3. The largest absolute Gasteiger partial charge is 0.497 e. The quantitative estimate of drug-likeness (QED) is 0.753. The minimum atomic E-state index is -0.920. The van der Waals surface area contributed by atoms with Gasteiger partial charge >= 0.3 is 0 Å². The molecule has 0 radical (unpaired) electrons. The first kappa shape index (κ1) is 18.0. The van der Waals surface area contributed by atoms with E-state index in [-0.39, 0.29) is 11.8 Å². The van der Waals surface area contributed by atoms with E-state index in [4.69, 9.17) is 4.74 Å². The standard InChI is InChI=1S/C21H24N2O3/c1-15-6-3-4-9-18(15)23-20(25)21(11-12-21)19(24)22-13-10-16-7-5-8-17(14-16)26-2/h3-9,14H,10-13H2,1-2H3,(H,22,24)(H,23,25). The van der Waals surface area contributed by atoms with Crippen LogP contribution in [-0.4, -0.2) is 25.5 Å². The van der Waals surface area contributed by atoms with Gasteiger partial charge in [-0.25, -0.2) is 0 Å². The van der Waals surface area contributed by atoms with E-state index >= 15 is 0 Å². The molecule has 2 amide bonds. The molecule has 3 rings (SSSR count). The molecule has 1 aliphatic rings. The Balaban J connectivity index is 1.55. The van der Waals surface area contributed by atoms with Gasteiger partial charge in [-0.1, -0.05) is 30.3 Å². The van der Waals surface area contributed by atoms with Crippen LogP contribution < -0.4 is 15.4 Å². The molecule has 2 N–H and O–H groups in total. The summed E-state index contributed by atoms with van der Waals surface area (Å²) < 4.78 is 5.20. The summed E-state index contributed by atoms with van der Waals surface area (Å²) in [6, 6.07) is 15.3. The molecule has 2 aromatic rings. The lowest BCUT2D eigenvalue weighted by atomic mass is 10.0. The zero-order valence-electron chi connectivity index (χ0n) is 15.2. The smallest absolute Gasteiger partial charge is 0.240 e. The lowest BCUT2D eigenvalue weighted by molar-refractivity contribution is -0.134. The van der Waals surface area contributed by atoms with Crippen molar-refractivity contribution in [2.45, 2.75) is 26.2 Å². The Morgan fingerprint density at radius 2 is 1.85 bits per heavy atom. The minimum Gasteiger partial charge on any atom is -0.497 e.